The molecule has 112 valence electrons. The average molecular weight is 288 g/mol. The van der Waals surface area contributed by atoms with E-state index in [1.54, 1.807) is 0 Å². The van der Waals surface area contributed by atoms with Crippen LogP contribution in [0.4, 0.5) is 5.82 Å². The first kappa shape index (κ1) is 15.2. The van der Waals surface area contributed by atoms with Gasteiger partial charge < -0.3 is 10.0 Å². The molecule has 0 saturated carbocycles. The SMILES string of the molecule is CCc1nnc(N2CCC(CC(=O)O)C2)c(C#N)c1CC. The van der Waals surface area contributed by atoms with E-state index in [2.05, 4.69) is 16.3 Å². The first-order chi connectivity index (χ1) is 10.1. The summed E-state index contributed by atoms with van der Waals surface area (Å²) in [5.41, 5.74) is 2.44. The van der Waals surface area contributed by atoms with E-state index in [1.165, 1.54) is 0 Å². The number of aliphatic carboxylic acids is 1. The smallest absolute Gasteiger partial charge is 0.303 e. The number of carboxylic acid groups (broad SMARTS) is 1. The summed E-state index contributed by atoms with van der Waals surface area (Å²) in [7, 11) is 0. The van der Waals surface area contributed by atoms with E-state index in [9.17, 15) is 10.1 Å². The van der Waals surface area contributed by atoms with E-state index in [0.29, 0.717) is 17.9 Å². The van der Waals surface area contributed by atoms with E-state index < -0.39 is 5.97 Å². The minimum absolute atomic E-state index is 0.117. The molecule has 21 heavy (non-hydrogen) atoms. The zero-order chi connectivity index (χ0) is 15.4. The van der Waals surface area contributed by atoms with E-state index >= 15 is 0 Å². The minimum atomic E-state index is -0.774. The van der Waals surface area contributed by atoms with Crippen LogP contribution < -0.4 is 4.90 Å². The summed E-state index contributed by atoms with van der Waals surface area (Å²) in [5.74, 6) is -0.0461. The second kappa shape index (κ2) is 6.53. The third-order valence-corrected chi connectivity index (χ3v) is 3.99. The van der Waals surface area contributed by atoms with Gasteiger partial charge in [-0.1, -0.05) is 13.8 Å². The number of nitriles is 1. The predicted octanol–water partition coefficient (Wildman–Crippen LogP) is 1.77. The maximum absolute atomic E-state index is 10.8. The summed E-state index contributed by atoms with van der Waals surface area (Å²) < 4.78 is 0. The maximum atomic E-state index is 10.8. The average Bonchev–Trinajstić information content (AvgIpc) is 2.92. The molecule has 0 aromatic carbocycles. The summed E-state index contributed by atoms with van der Waals surface area (Å²) >= 11 is 0. The molecule has 0 aliphatic carbocycles. The molecule has 1 aliphatic heterocycles. The molecule has 0 bridgehead atoms. The van der Waals surface area contributed by atoms with Crippen LogP contribution in [0.1, 0.15) is 43.5 Å². The fourth-order valence-corrected chi connectivity index (χ4v) is 2.94. The van der Waals surface area contributed by atoms with Gasteiger partial charge >= 0.3 is 5.97 Å². The van der Waals surface area contributed by atoms with Crippen LogP contribution in [-0.2, 0) is 17.6 Å². The van der Waals surface area contributed by atoms with Crippen molar-refractivity contribution in [2.75, 3.05) is 18.0 Å². The number of hydrogen-bond acceptors (Lipinski definition) is 5. The van der Waals surface area contributed by atoms with Crippen LogP contribution in [-0.4, -0.2) is 34.4 Å². The van der Waals surface area contributed by atoms with Gasteiger partial charge in [-0.2, -0.15) is 10.4 Å². The van der Waals surface area contributed by atoms with Gasteiger partial charge in [-0.05, 0) is 30.7 Å². The van der Waals surface area contributed by atoms with Gasteiger partial charge in [-0.25, -0.2) is 0 Å². The van der Waals surface area contributed by atoms with Crippen molar-refractivity contribution in [2.45, 2.75) is 39.5 Å². The normalized spacial score (nSPS) is 17.8. The molecule has 6 heteroatoms. The molecule has 1 atom stereocenters. The molecule has 1 fully saturated rings. The fraction of sp³-hybridized carbons (Fsp3) is 0.600. The molecule has 2 heterocycles. The largest absolute Gasteiger partial charge is 0.481 e. The molecule has 0 amide bonds. The van der Waals surface area contributed by atoms with Crippen LogP contribution in [0.15, 0.2) is 0 Å². The van der Waals surface area contributed by atoms with Gasteiger partial charge in [0.15, 0.2) is 5.82 Å². The van der Waals surface area contributed by atoms with Crippen LogP contribution in [0.5, 0.6) is 0 Å². The molecule has 1 aromatic heterocycles. The Morgan fingerprint density at radius 1 is 1.43 bits per heavy atom. The Balaban J connectivity index is 2.29. The number of nitrogens with zero attached hydrogens (tertiary/aromatic N) is 4. The maximum Gasteiger partial charge on any atom is 0.303 e. The fourth-order valence-electron chi connectivity index (χ4n) is 2.94. The van der Waals surface area contributed by atoms with Crippen LogP contribution >= 0.6 is 0 Å². The zero-order valence-electron chi connectivity index (χ0n) is 12.5. The van der Waals surface area contributed by atoms with Crippen molar-refractivity contribution in [2.24, 2.45) is 5.92 Å². The number of aryl methyl sites for hydroxylation is 1. The number of rotatable bonds is 5. The second-order valence-electron chi connectivity index (χ2n) is 5.34. The Hall–Kier alpha value is -2.16. The van der Waals surface area contributed by atoms with Crippen molar-refractivity contribution in [3.63, 3.8) is 0 Å². The molecule has 0 radical (unpaired) electrons. The lowest BCUT2D eigenvalue weighted by molar-refractivity contribution is -0.137. The van der Waals surface area contributed by atoms with E-state index in [4.69, 9.17) is 5.11 Å². The molecule has 1 saturated heterocycles. The second-order valence-corrected chi connectivity index (χ2v) is 5.34. The molecule has 1 aliphatic rings. The lowest BCUT2D eigenvalue weighted by atomic mass is 10.0. The first-order valence-electron chi connectivity index (χ1n) is 7.35. The van der Waals surface area contributed by atoms with Gasteiger partial charge in [0.2, 0.25) is 0 Å². The highest BCUT2D eigenvalue weighted by Crippen LogP contribution is 2.29. The van der Waals surface area contributed by atoms with Crippen LogP contribution in [0.3, 0.4) is 0 Å². The van der Waals surface area contributed by atoms with Gasteiger partial charge in [-0.15, -0.1) is 5.10 Å². The highest BCUT2D eigenvalue weighted by molar-refractivity contribution is 5.67. The van der Waals surface area contributed by atoms with Crippen LogP contribution in [0.2, 0.25) is 0 Å². The summed E-state index contributed by atoms with van der Waals surface area (Å²) in [4.78, 5) is 12.8. The number of hydrogen-bond donors (Lipinski definition) is 1. The van der Waals surface area contributed by atoms with Crippen molar-refractivity contribution >= 4 is 11.8 Å². The minimum Gasteiger partial charge on any atom is -0.481 e. The Morgan fingerprint density at radius 2 is 2.19 bits per heavy atom. The number of aromatic nitrogens is 2. The zero-order valence-corrected chi connectivity index (χ0v) is 12.5. The van der Waals surface area contributed by atoms with Gasteiger partial charge in [-0.3, -0.25) is 4.79 Å². The van der Waals surface area contributed by atoms with Gasteiger partial charge in [0.25, 0.3) is 0 Å². The lowest BCUT2D eigenvalue weighted by Crippen LogP contribution is -2.24. The van der Waals surface area contributed by atoms with Crippen molar-refractivity contribution in [3.8, 4) is 6.07 Å². The van der Waals surface area contributed by atoms with E-state index in [0.717, 1.165) is 37.1 Å². The third-order valence-electron chi connectivity index (χ3n) is 3.99. The molecule has 0 spiro atoms. The summed E-state index contributed by atoms with van der Waals surface area (Å²) in [6.45, 7) is 5.38. The van der Waals surface area contributed by atoms with Gasteiger partial charge in [0.1, 0.15) is 11.6 Å². The quantitative estimate of drug-likeness (QED) is 0.888. The van der Waals surface area contributed by atoms with Crippen molar-refractivity contribution in [1.82, 2.24) is 10.2 Å². The number of carboxylic acids is 1. The van der Waals surface area contributed by atoms with Crippen LogP contribution in [0.25, 0.3) is 0 Å². The topological polar surface area (TPSA) is 90.1 Å². The van der Waals surface area contributed by atoms with Gasteiger partial charge in [0, 0.05) is 19.5 Å². The number of anilines is 1. The molecular formula is C15H20N4O2. The van der Waals surface area contributed by atoms with Crippen LogP contribution in [0, 0.1) is 17.2 Å². The first-order valence-corrected chi connectivity index (χ1v) is 7.35. The summed E-state index contributed by atoms with van der Waals surface area (Å²) in [6.07, 6.45) is 2.49. The van der Waals surface area contributed by atoms with E-state index in [-0.39, 0.29) is 12.3 Å². The monoisotopic (exact) mass is 288 g/mol. The van der Waals surface area contributed by atoms with Crippen molar-refractivity contribution < 1.29 is 9.90 Å². The Morgan fingerprint density at radius 3 is 2.76 bits per heavy atom. The van der Waals surface area contributed by atoms with Gasteiger partial charge in [0.05, 0.1) is 5.69 Å². The Kier molecular flexibility index (Phi) is 4.73. The molecule has 2 rings (SSSR count). The molecule has 1 aromatic rings. The summed E-state index contributed by atoms with van der Waals surface area (Å²) in [6, 6.07) is 2.26. The van der Waals surface area contributed by atoms with Crippen molar-refractivity contribution in [1.29, 1.82) is 5.26 Å². The molecule has 6 nitrogen and oxygen atoms in total. The highest BCUT2D eigenvalue weighted by Gasteiger charge is 2.28. The Labute approximate surface area is 124 Å². The molecule has 1 N–H and O–H groups in total. The third kappa shape index (κ3) is 3.13. The predicted molar refractivity (Wildman–Crippen MR) is 78.1 cm³/mol. The molecular weight excluding hydrogens is 268 g/mol. The molecule has 1 unspecified atom stereocenters. The highest BCUT2D eigenvalue weighted by atomic mass is 16.4. The lowest BCUT2D eigenvalue weighted by Gasteiger charge is -2.20. The van der Waals surface area contributed by atoms with Crippen molar-refractivity contribution in [3.05, 3.63) is 16.8 Å². The Bertz CT molecular complexity index is 580. The van der Waals surface area contributed by atoms with E-state index in [1.807, 2.05) is 18.7 Å². The number of carbonyl (C=O) groups is 1. The summed E-state index contributed by atoms with van der Waals surface area (Å²) in [5, 5.41) is 26.8. The standard InChI is InChI=1S/C15H20N4O2/c1-3-11-12(8-16)15(18-17-13(11)4-2)19-6-5-10(9-19)7-14(20)21/h10H,3-7,9H2,1-2H3,(H,20,21).